The first-order chi connectivity index (χ1) is 13.6. The van der Waals surface area contributed by atoms with Crippen LogP contribution in [0.3, 0.4) is 0 Å². The number of hydrogen-bond donors (Lipinski definition) is 2. The van der Waals surface area contributed by atoms with Crippen molar-refractivity contribution in [3.05, 3.63) is 77.7 Å². The number of benzene rings is 2. The summed E-state index contributed by atoms with van der Waals surface area (Å²) in [5.41, 5.74) is 4.53. The summed E-state index contributed by atoms with van der Waals surface area (Å²) in [5.74, 6) is 1.48. The summed E-state index contributed by atoms with van der Waals surface area (Å²) in [6, 6.07) is 17.8. The average Bonchev–Trinajstić information content (AvgIpc) is 2.74. The third kappa shape index (κ3) is 5.89. The fourth-order valence-corrected chi connectivity index (χ4v) is 3.18. The van der Waals surface area contributed by atoms with E-state index < -0.39 is 0 Å². The molecule has 1 aromatic heterocycles. The molecule has 0 aliphatic heterocycles. The molecular weight excluding hydrogens is 348 g/mol. The minimum Gasteiger partial charge on any atom is -0.508 e. The maximum atomic E-state index is 9.36. The van der Waals surface area contributed by atoms with Crippen molar-refractivity contribution in [3.63, 3.8) is 0 Å². The predicted molar refractivity (Wildman–Crippen MR) is 112 cm³/mol. The summed E-state index contributed by atoms with van der Waals surface area (Å²) in [6.45, 7) is 2.30. The highest BCUT2D eigenvalue weighted by atomic mass is 16.3. The number of phenols is 1. The van der Waals surface area contributed by atoms with Gasteiger partial charge in [0.05, 0.1) is 5.69 Å². The molecule has 0 radical (unpaired) electrons. The molecule has 0 aliphatic carbocycles. The van der Waals surface area contributed by atoms with Crippen LogP contribution in [0.1, 0.15) is 36.7 Å². The Bertz CT molecular complexity index is 878. The summed E-state index contributed by atoms with van der Waals surface area (Å²) in [7, 11) is 0. The van der Waals surface area contributed by atoms with E-state index in [-0.39, 0.29) is 6.61 Å². The highest BCUT2D eigenvalue weighted by Gasteiger charge is 2.06. The zero-order valence-corrected chi connectivity index (χ0v) is 16.4. The molecule has 0 spiro atoms. The quantitative estimate of drug-likeness (QED) is 0.573. The Labute approximate surface area is 166 Å². The third-order valence-electron chi connectivity index (χ3n) is 4.97. The maximum Gasteiger partial charge on any atom is 0.128 e. The number of hydrogen-bond acceptors (Lipinski definition) is 4. The molecule has 0 saturated carbocycles. The molecule has 3 rings (SSSR count). The van der Waals surface area contributed by atoms with Gasteiger partial charge in [0.15, 0.2) is 0 Å². The third-order valence-corrected chi connectivity index (χ3v) is 4.97. The van der Waals surface area contributed by atoms with Gasteiger partial charge in [0.1, 0.15) is 11.6 Å². The second kappa shape index (κ2) is 10.00. The van der Waals surface area contributed by atoms with Crippen LogP contribution in [0.4, 0.5) is 0 Å². The van der Waals surface area contributed by atoms with Crippen LogP contribution in [0.15, 0.2) is 60.8 Å². The number of aromatic nitrogens is 2. The van der Waals surface area contributed by atoms with E-state index in [9.17, 15) is 10.2 Å². The van der Waals surface area contributed by atoms with Gasteiger partial charge in [0.25, 0.3) is 0 Å². The Hall–Kier alpha value is -2.72. The number of aryl methyl sites for hydroxylation is 3. The lowest BCUT2D eigenvalue weighted by Crippen LogP contribution is -2.02. The molecule has 0 bridgehead atoms. The van der Waals surface area contributed by atoms with Crippen molar-refractivity contribution in [1.29, 1.82) is 0 Å². The topological polar surface area (TPSA) is 66.2 Å². The van der Waals surface area contributed by atoms with Crippen LogP contribution in [0.5, 0.6) is 5.75 Å². The molecule has 4 nitrogen and oxygen atoms in total. The number of aliphatic hydroxyl groups excluding tert-OH is 1. The van der Waals surface area contributed by atoms with Crippen LogP contribution < -0.4 is 0 Å². The van der Waals surface area contributed by atoms with E-state index in [0.717, 1.165) is 49.2 Å². The van der Waals surface area contributed by atoms with Gasteiger partial charge in [-0.05, 0) is 67.0 Å². The fraction of sp³-hybridized carbons (Fsp3) is 0.333. The van der Waals surface area contributed by atoms with Crippen molar-refractivity contribution in [2.45, 2.75) is 39.0 Å². The molecule has 0 amide bonds. The predicted octanol–water partition coefficient (Wildman–Crippen LogP) is 4.59. The van der Waals surface area contributed by atoms with Gasteiger partial charge < -0.3 is 10.2 Å². The van der Waals surface area contributed by atoms with Crippen molar-refractivity contribution in [2.75, 3.05) is 6.61 Å². The molecular formula is C24H28N2O2. The molecule has 4 heteroatoms. The molecule has 1 atom stereocenters. The minimum atomic E-state index is 0.235. The Morgan fingerprint density at radius 3 is 2.54 bits per heavy atom. The fourth-order valence-electron chi connectivity index (χ4n) is 3.18. The largest absolute Gasteiger partial charge is 0.508 e. The monoisotopic (exact) mass is 376 g/mol. The van der Waals surface area contributed by atoms with E-state index in [2.05, 4.69) is 36.2 Å². The van der Waals surface area contributed by atoms with Crippen LogP contribution >= 0.6 is 0 Å². The molecule has 0 aliphatic rings. The van der Waals surface area contributed by atoms with E-state index in [1.807, 2.05) is 24.4 Å². The van der Waals surface area contributed by atoms with Crippen molar-refractivity contribution in [2.24, 2.45) is 5.92 Å². The zero-order chi connectivity index (χ0) is 19.8. The van der Waals surface area contributed by atoms with Crippen LogP contribution in [0.2, 0.25) is 0 Å². The number of nitrogens with zero attached hydrogens (tertiary/aromatic N) is 2. The summed E-state index contributed by atoms with van der Waals surface area (Å²) < 4.78 is 0. The van der Waals surface area contributed by atoms with Crippen LogP contribution in [-0.2, 0) is 19.3 Å². The van der Waals surface area contributed by atoms with E-state index in [1.165, 1.54) is 11.1 Å². The highest BCUT2D eigenvalue weighted by Crippen LogP contribution is 2.20. The molecule has 1 heterocycles. The van der Waals surface area contributed by atoms with Crippen LogP contribution in [0.25, 0.3) is 11.3 Å². The van der Waals surface area contributed by atoms with E-state index in [0.29, 0.717) is 11.7 Å². The van der Waals surface area contributed by atoms with E-state index in [1.54, 1.807) is 12.1 Å². The lowest BCUT2D eigenvalue weighted by Gasteiger charge is -2.09. The van der Waals surface area contributed by atoms with Crippen molar-refractivity contribution >= 4 is 0 Å². The Balaban J connectivity index is 1.61. The van der Waals surface area contributed by atoms with Crippen molar-refractivity contribution in [3.8, 4) is 17.0 Å². The highest BCUT2D eigenvalue weighted by molar-refractivity contribution is 5.59. The van der Waals surface area contributed by atoms with Crippen molar-refractivity contribution < 1.29 is 10.2 Å². The molecule has 146 valence electrons. The van der Waals surface area contributed by atoms with E-state index >= 15 is 0 Å². The Morgan fingerprint density at radius 2 is 1.75 bits per heavy atom. The minimum absolute atomic E-state index is 0.235. The van der Waals surface area contributed by atoms with Gasteiger partial charge in [-0.15, -0.1) is 0 Å². The van der Waals surface area contributed by atoms with E-state index in [4.69, 9.17) is 4.98 Å². The summed E-state index contributed by atoms with van der Waals surface area (Å²) in [6.07, 6.45) is 6.49. The van der Waals surface area contributed by atoms with Crippen molar-refractivity contribution in [1.82, 2.24) is 9.97 Å². The Kier molecular flexibility index (Phi) is 7.15. The SMILES string of the molecule is C[C@@H](CO)CCc1cccc(-c2ccnc(CCCc3ccc(O)cc3)n2)c1. The standard InChI is InChI=1S/C24H28N2O2/c1-18(17-27)8-9-20-5-2-6-21(16-20)23-14-15-25-24(26-23)7-3-4-19-10-12-22(28)13-11-19/h2,5-6,10-16,18,27-28H,3-4,7-9,17H2,1H3/t18-/m1/s1. The summed E-state index contributed by atoms with van der Waals surface area (Å²) in [4.78, 5) is 9.17. The number of rotatable bonds is 9. The zero-order valence-electron chi connectivity index (χ0n) is 16.4. The summed E-state index contributed by atoms with van der Waals surface area (Å²) >= 11 is 0. The number of aromatic hydroxyl groups is 1. The number of aliphatic hydroxyl groups is 1. The van der Waals surface area contributed by atoms with Gasteiger partial charge in [-0.2, -0.15) is 0 Å². The molecule has 3 aromatic rings. The molecule has 0 saturated heterocycles. The van der Waals surface area contributed by atoms with Gasteiger partial charge in [-0.1, -0.05) is 37.3 Å². The second-order valence-electron chi connectivity index (χ2n) is 7.40. The normalized spacial score (nSPS) is 12.1. The second-order valence-corrected chi connectivity index (χ2v) is 7.40. The molecule has 2 N–H and O–H groups in total. The lowest BCUT2D eigenvalue weighted by atomic mass is 9.99. The molecule has 0 fully saturated rings. The maximum absolute atomic E-state index is 9.36. The first kappa shape index (κ1) is 20.0. The molecule has 2 aromatic carbocycles. The van der Waals surface area contributed by atoms with Gasteiger partial charge in [-0.3, -0.25) is 0 Å². The van der Waals surface area contributed by atoms with Gasteiger partial charge in [0.2, 0.25) is 0 Å². The number of phenolic OH excluding ortho intramolecular Hbond substituents is 1. The first-order valence-electron chi connectivity index (χ1n) is 9.94. The first-order valence-corrected chi connectivity index (χ1v) is 9.94. The van der Waals surface area contributed by atoms with Crippen LogP contribution in [0, 0.1) is 5.92 Å². The molecule has 0 unspecified atom stereocenters. The van der Waals surface area contributed by atoms with Gasteiger partial charge in [-0.25, -0.2) is 9.97 Å². The van der Waals surface area contributed by atoms with Gasteiger partial charge in [0, 0.05) is 24.8 Å². The smallest absolute Gasteiger partial charge is 0.128 e. The van der Waals surface area contributed by atoms with Gasteiger partial charge >= 0.3 is 0 Å². The Morgan fingerprint density at radius 1 is 0.929 bits per heavy atom. The molecule has 28 heavy (non-hydrogen) atoms. The lowest BCUT2D eigenvalue weighted by molar-refractivity contribution is 0.230. The van der Waals surface area contributed by atoms with Crippen LogP contribution in [-0.4, -0.2) is 26.8 Å². The summed E-state index contributed by atoms with van der Waals surface area (Å²) in [5, 5.41) is 18.6. The average molecular weight is 377 g/mol.